The van der Waals surface area contributed by atoms with Crippen molar-refractivity contribution in [1.82, 2.24) is 5.06 Å². The van der Waals surface area contributed by atoms with Crippen molar-refractivity contribution in [2.24, 2.45) is 5.73 Å². The molecule has 0 aromatic rings. The molecule has 3 N–H and O–H groups in total. The van der Waals surface area contributed by atoms with Crippen molar-refractivity contribution < 1.29 is 5.21 Å². The van der Waals surface area contributed by atoms with Gasteiger partial charge in [0, 0.05) is 7.05 Å². The summed E-state index contributed by atoms with van der Waals surface area (Å²) in [6.07, 6.45) is 0. The monoisotopic (exact) mass is 76.1 g/mol. The fraction of sp³-hybridized carbons (Fsp3) is 1.00. The van der Waals surface area contributed by atoms with Crippen molar-refractivity contribution in [3.8, 4) is 0 Å². The minimum atomic E-state index is 0.194. The van der Waals surface area contributed by atoms with Crippen LogP contribution in [0.4, 0.5) is 0 Å². The Morgan fingerprint density at radius 2 is 2.20 bits per heavy atom. The third-order valence-electron chi connectivity index (χ3n) is 0.264. The molecule has 0 spiro atoms. The van der Waals surface area contributed by atoms with Crippen LogP contribution in [-0.2, 0) is 0 Å². The third-order valence-corrected chi connectivity index (χ3v) is 0.264. The van der Waals surface area contributed by atoms with E-state index in [-0.39, 0.29) is 6.67 Å². The van der Waals surface area contributed by atoms with Gasteiger partial charge in [-0.25, -0.2) is 0 Å². The van der Waals surface area contributed by atoms with Gasteiger partial charge in [0.1, 0.15) is 0 Å². The number of nitrogens with two attached hydrogens (primary N) is 1. The maximum atomic E-state index is 8.07. The van der Waals surface area contributed by atoms with Gasteiger partial charge in [-0.15, -0.1) is 0 Å². The normalized spacial score (nSPS) is 9.60. The zero-order valence-corrected chi connectivity index (χ0v) is 3.18. The SMILES string of the molecule is CN(O)CN. The first-order chi connectivity index (χ1) is 2.27. The van der Waals surface area contributed by atoms with E-state index in [1.54, 1.807) is 0 Å². The molecule has 0 rings (SSSR count). The van der Waals surface area contributed by atoms with Crippen LogP contribution < -0.4 is 5.73 Å². The summed E-state index contributed by atoms with van der Waals surface area (Å²) in [5, 5.41) is 8.97. The standard InChI is InChI=1S/C2H8N2O/c1-4(5)2-3/h5H,2-3H2,1H3. The van der Waals surface area contributed by atoms with E-state index < -0.39 is 0 Å². The predicted octanol–water partition coefficient (Wildman–Crippen LogP) is -0.776. The van der Waals surface area contributed by atoms with Gasteiger partial charge in [0.15, 0.2) is 0 Å². The number of hydroxylamine groups is 2. The van der Waals surface area contributed by atoms with Crippen LogP contribution in [-0.4, -0.2) is 24.0 Å². The maximum Gasteiger partial charge on any atom is 0.0700 e. The Kier molecular flexibility index (Phi) is 2.09. The predicted molar refractivity (Wildman–Crippen MR) is 18.6 cm³/mol. The maximum absolute atomic E-state index is 8.07. The third kappa shape index (κ3) is 3.88. The van der Waals surface area contributed by atoms with Crippen molar-refractivity contribution in [1.29, 1.82) is 0 Å². The molecule has 0 bridgehead atoms. The van der Waals surface area contributed by atoms with Crippen molar-refractivity contribution in [3.63, 3.8) is 0 Å². The molecule has 32 valence electrons. The first-order valence-corrected chi connectivity index (χ1v) is 1.37. The van der Waals surface area contributed by atoms with Crippen LogP contribution in [0.1, 0.15) is 0 Å². The lowest BCUT2D eigenvalue weighted by atomic mass is 11.1. The highest BCUT2D eigenvalue weighted by atomic mass is 16.5. The van der Waals surface area contributed by atoms with E-state index in [0.29, 0.717) is 0 Å². The number of hydrogen-bond donors (Lipinski definition) is 2. The smallest absolute Gasteiger partial charge is 0.0700 e. The molecule has 0 aliphatic carbocycles. The molecule has 0 aliphatic rings. The Balaban J connectivity index is 2.54. The second-order valence-electron chi connectivity index (χ2n) is 0.840. The van der Waals surface area contributed by atoms with E-state index in [4.69, 9.17) is 10.9 Å². The molecule has 0 radical (unpaired) electrons. The zero-order chi connectivity index (χ0) is 4.28. The molecule has 5 heavy (non-hydrogen) atoms. The first-order valence-electron chi connectivity index (χ1n) is 1.37. The first kappa shape index (κ1) is 4.88. The Hall–Kier alpha value is -0.120. The van der Waals surface area contributed by atoms with E-state index in [1.807, 2.05) is 0 Å². The molecule has 0 aromatic heterocycles. The number of nitrogens with zero attached hydrogens (tertiary/aromatic N) is 1. The number of hydrogen-bond acceptors (Lipinski definition) is 3. The van der Waals surface area contributed by atoms with Crippen molar-refractivity contribution in [3.05, 3.63) is 0 Å². The summed E-state index contributed by atoms with van der Waals surface area (Å²) < 4.78 is 0. The van der Waals surface area contributed by atoms with Crippen LogP contribution in [0.15, 0.2) is 0 Å². The van der Waals surface area contributed by atoms with Crippen LogP contribution in [0, 0.1) is 0 Å². The molecule has 0 unspecified atom stereocenters. The van der Waals surface area contributed by atoms with Crippen LogP contribution in [0.2, 0.25) is 0 Å². The van der Waals surface area contributed by atoms with E-state index in [9.17, 15) is 0 Å². The Labute approximate surface area is 31.0 Å². The average molecular weight is 76.1 g/mol. The summed E-state index contributed by atoms with van der Waals surface area (Å²) in [7, 11) is 1.49. The fourth-order valence-corrected chi connectivity index (χ4v) is 0. The summed E-state index contributed by atoms with van der Waals surface area (Å²) in [5.41, 5.74) is 4.85. The highest BCUT2D eigenvalue weighted by Gasteiger charge is 1.74. The van der Waals surface area contributed by atoms with Gasteiger partial charge in [-0.1, -0.05) is 0 Å². The van der Waals surface area contributed by atoms with E-state index in [1.165, 1.54) is 7.05 Å². The highest BCUT2D eigenvalue weighted by molar-refractivity contribution is 4.11. The van der Waals surface area contributed by atoms with Crippen molar-refractivity contribution >= 4 is 0 Å². The molecule has 0 aliphatic heterocycles. The van der Waals surface area contributed by atoms with Gasteiger partial charge in [0.25, 0.3) is 0 Å². The Morgan fingerprint density at radius 3 is 2.20 bits per heavy atom. The molecular formula is C2H8N2O. The molecular weight excluding hydrogens is 68.0 g/mol. The van der Waals surface area contributed by atoms with Gasteiger partial charge in [-0.05, 0) is 0 Å². The number of rotatable bonds is 1. The zero-order valence-electron chi connectivity index (χ0n) is 3.18. The van der Waals surface area contributed by atoms with Crippen LogP contribution in [0.3, 0.4) is 0 Å². The minimum Gasteiger partial charge on any atom is -0.316 e. The van der Waals surface area contributed by atoms with Crippen LogP contribution >= 0.6 is 0 Å². The molecule has 0 amide bonds. The van der Waals surface area contributed by atoms with Gasteiger partial charge in [0.05, 0.1) is 6.67 Å². The summed E-state index contributed by atoms with van der Waals surface area (Å²) in [5.74, 6) is 0. The molecule has 3 nitrogen and oxygen atoms in total. The second-order valence-corrected chi connectivity index (χ2v) is 0.840. The van der Waals surface area contributed by atoms with Gasteiger partial charge in [0.2, 0.25) is 0 Å². The summed E-state index contributed by atoms with van der Waals surface area (Å²) >= 11 is 0. The van der Waals surface area contributed by atoms with Gasteiger partial charge >= 0.3 is 0 Å². The lowest BCUT2D eigenvalue weighted by Crippen LogP contribution is -2.20. The molecule has 0 atom stereocenters. The lowest BCUT2D eigenvalue weighted by molar-refractivity contribution is -0.0622. The van der Waals surface area contributed by atoms with Gasteiger partial charge in [-0.3, -0.25) is 0 Å². The topological polar surface area (TPSA) is 49.5 Å². The van der Waals surface area contributed by atoms with Crippen molar-refractivity contribution in [2.75, 3.05) is 13.7 Å². The summed E-state index contributed by atoms with van der Waals surface area (Å²) in [4.78, 5) is 0. The van der Waals surface area contributed by atoms with Crippen LogP contribution in [0.5, 0.6) is 0 Å². The molecule has 0 saturated heterocycles. The van der Waals surface area contributed by atoms with E-state index in [2.05, 4.69) is 0 Å². The van der Waals surface area contributed by atoms with E-state index >= 15 is 0 Å². The van der Waals surface area contributed by atoms with Gasteiger partial charge < -0.3 is 10.9 Å². The van der Waals surface area contributed by atoms with Crippen molar-refractivity contribution in [2.45, 2.75) is 0 Å². The Morgan fingerprint density at radius 1 is 2.00 bits per heavy atom. The average Bonchev–Trinajstić information content (AvgIpc) is 1.38. The lowest BCUT2D eigenvalue weighted by Gasteiger charge is -1.98. The molecule has 0 aromatic carbocycles. The molecule has 0 fully saturated rings. The summed E-state index contributed by atoms with van der Waals surface area (Å²) in [6.45, 7) is 0.194. The van der Waals surface area contributed by atoms with E-state index in [0.717, 1.165) is 5.06 Å². The van der Waals surface area contributed by atoms with Crippen LogP contribution in [0.25, 0.3) is 0 Å². The minimum absolute atomic E-state index is 0.194. The van der Waals surface area contributed by atoms with Gasteiger partial charge in [-0.2, -0.15) is 5.06 Å². The summed E-state index contributed by atoms with van der Waals surface area (Å²) in [6, 6.07) is 0. The fourth-order valence-electron chi connectivity index (χ4n) is 0. The molecule has 0 saturated carbocycles. The quantitative estimate of drug-likeness (QED) is 0.318. The Bertz CT molecular complexity index is 21.6. The second kappa shape index (κ2) is 2.14. The molecule has 3 heteroatoms. The largest absolute Gasteiger partial charge is 0.316 e. The molecule has 0 heterocycles. The highest BCUT2D eigenvalue weighted by Crippen LogP contribution is 1.54.